The molecule has 0 spiro atoms. The predicted molar refractivity (Wildman–Crippen MR) is 93.2 cm³/mol. The SMILES string of the molecule is CC(C)CN1CCC(C2CCN(c3ccccn3)CC2)CC1. The molecule has 3 heteroatoms. The standard InChI is InChI=1S/C19H31N3/c1-16(2)15-21-11-6-17(7-12-21)18-8-13-22(14-9-18)19-5-3-4-10-20-19/h3-5,10,16-18H,6-9,11-15H2,1-2H3. The lowest BCUT2D eigenvalue weighted by molar-refractivity contribution is 0.124. The molecule has 1 aromatic heterocycles. The largest absolute Gasteiger partial charge is 0.357 e. The van der Waals surface area contributed by atoms with E-state index in [2.05, 4.69) is 40.8 Å². The number of pyridine rings is 1. The number of hydrogen-bond acceptors (Lipinski definition) is 3. The molecular formula is C19H31N3. The molecule has 0 radical (unpaired) electrons. The lowest BCUT2D eigenvalue weighted by Gasteiger charge is -2.40. The van der Waals surface area contributed by atoms with Gasteiger partial charge in [-0.25, -0.2) is 4.98 Å². The van der Waals surface area contributed by atoms with E-state index in [9.17, 15) is 0 Å². The van der Waals surface area contributed by atoms with Crippen LogP contribution in [0, 0.1) is 17.8 Å². The number of likely N-dealkylation sites (tertiary alicyclic amines) is 1. The van der Waals surface area contributed by atoms with E-state index < -0.39 is 0 Å². The summed E-state index contributed by atoms with van der Waals surface area (Å²) in [7, 11) is 0. The van der Waals surface area contributed by atoms with Crippen LogP contribution in [0.15, 0.2) is 24.4 Å². The van der Waals surface area contributed by atoms with Crippen molar-refractivity contribution in [3.63, 3.8) is 0 Å². The van der Waals surface area contributed by atoms with Gasteiger partial charge < -0.3 is 9.80 Å². The quantitative estimate of drug-likeness (QED) is 0.846. The van der Waals surface area contributed by atoms with Gasteiger partial charge in [0.2, 0.25) is 0 Å². The second-order valence-corrected chi connectivity index (χ2v) is 7.54. The van der Waals surface area contributed by atoms with E-state index in [1.165, 1.54) is 58.4 Å². The molecule has 2 fully saturated rings. The van der Waals surface area contributed by atoms with Gasteiger partial charge in [-0.2, -0.15) is 0 Å². The second kappa shape index (κ2) is 7.45. The summed E-state index contributed by atoms with van der Waals surface area (Å²) in [6.07, 6.45) is 7.45. The molecule has 2 aliphatic rings. The molecule has 0 bridgehead atoms. The Kier molecular flexibility index (Phi) is 5.35. The first-order valence-corrected chi connectivity index (χ1v) is 9.10. The molecule has 1 aromatic rings. The summed E-state index contributed by atoms with van der Waals surface area (Å²) in [4.78, 5) is 9.63. The van der Waals surface area contributed by atoms with E-state index in [4.69, 9.17) is 0 Å². The lowest BCUT2D eigenvalue weighted by Crippen LogP contribution is -2.41. The van der Waals surface area contributed by atoms with Crippen molar-refractivity contribution in [1.29, 1.82) is 0 Å². The van der Waals surface area contributed by atoms with E-state index in [0.717, 1.165) is 23.6 Å². The van der Waals surface area contributed by atoms with Crippen molar-refractivity contribution < 1.29 is 0 Å². The Morgan fingerprint density at radius 3 is 2.18 bits per heavy atom. The zero-order chi connectivity index (χ0) is 15.4. The van der Waals surface area contributed by atoms with Crippen LogP contribution in [0.25, 0.3) is 0 Å². The Labute approximate surface area is 135 Å². The molecule has 0 atom stereocenters. The summed E-state index contributed by atoms with van der Waals surface area (Å²) in [6.45, 7) is 11.0. The Balaban J connectivity index is 1.44. The van der Waals surface area contributed by atoms with Gasteiger partial charge in [0.25, 0.3) is 0 Å². The monoisotopic (exact) mass is 301 g/mol. The van der Waals surface area contributed by atoms with Gasteiger partial charge in [0.1, 0.15) is 5.82 Å². The van der Waals surface area contributed by atoms with Crippen LogP contribution < -0.4 is 4.90 Å². The smallest absolute Gasteiger partial charge is 0.128 e. The molecule has 3 rings (SSSR count). The van der Waals surface area contributed by atoms with E-state index in [1.807, 2.05) is 12.3 Å². The van der Waals surface area contributed by atoms with E-state index in [-0.39, 0.29) is 0 Å². The maximum absolute atomic E-state index is 4.50. The fraction of sp³-hybridized carbons (Fsp3) is 0.737. The number of aromatic nitrogens is 1. The van der Waals surface area contributed by atoms with Gasteiger partial charge in [0.15, 0.2) is 0 Å². The maximum atomic E-state index is 4.50. The van der Waals surface area contributed by atoms with Gasteiger partial charge >= 0.3 is 0 Å². The van der Waals surface area contributed by atoms with Crippen LogP contribution in [0.1, 0.15) is 39.5 Å². The third-order valence-corrected chi connectivity index (χ3v) is 5.44. The molecule has 0 amide bonds. The highest BCUT2D eigenvalue weighted by Gasteiger charge is 2.29. The molecule has 0 aliphatic carbocycles. The Hall–Kier alpha value is -1.09. The minimum atomic E-state index is 0.804. The molecule has 0 saturated carbocycles. The normalized spacial score (nSPS) is 22.4. The third kappa shape index (κ3) is 4.01. The molecule has 3 nitrogen and oxygen atoms in total. The van der Waals surface area contributed by atoms with Crippen molar-refractivity contribution in [2.75, 3.05) is 37.6 Å². The summed E-state index contributed by atoms with van der Waals surface area (Å²) >= 11 is 0. The number of anilines is 1. The van der Waals surface area contributed by atoms with Crippen molar-refractivity contribution >= 4 is 5.82 Å². The van der Waals surface area contributed by atoms with Crippen LogP contribution >= 0.6 is 0 Å². The molecule has 122 valence electrons. The van der Waals surface area contributed by atoms with E-state index >= 15 is 0 Å². The predicted octanol–water partition coefficient (Wildman–Crippen LogP) is 3.67. The van der Waals surface area contributed by atoms with Crippen LogP contribution in [0.3, 0.4) is 0 Å². The fourth-order valence-corrected chi connectivity index (χ4v) is 4.26. The summed E-state index contributed by atoms with van der Waals surface area (Å²) in [6, 6.07) is 6.24. The first-order chi connectivity index (χ1) is 10.7. The van der Waals surface area contributed by atoms with Crippen LogP contribution in [-0.2, 0) is 0 Å². The number of nitrogens with zero attached hydrogens (tertiary/aromatic N) is 3. The first kappa shape index (κ1) is 15.8. The average molecular weight is 301 g/mol. The molecule has 0 aromatic carbocycles. The molecule has 0 unspecified atom stereocenters. The molecule has 2 saturated heterocycles. The van der Waals surface area contributed by atoms with Crippen molar-refractivity contribution in [3.05, 3.63) is 24.4 Å². The Bertz CT molecular complexity index is 429. The van der Waals surface area contributed by atoms with Gasteiger partial charge in [-0.1, -0.05) is 19.9 Å². The minimum absolute atomic E-state index is 0.804. The lowest BCUT2D eigenvalue weighted by atomic mass is 9.78. The molecular weight excluding hydrogens is 270 g/mol. The van der Waals surface area contributed by atoms with Crippen molar-refractivity contribution in [2.45, 2.75) is 39.5 Å². The van der Waals surface area contributed by atoms with Gasteiger partial charge in [-0.05, 0) is 68.7 Å². The summed E-state index contributed by atoms with van der Waals surface area (Å²) in [5.74, 6) is 3.88. The maximum Gasteiger partial charge on any atom is 0.128 e. The second-order valence-electron chi connectivity index (χ2n) is 7.54. The van der Waals surface area contributed by atoms with Crippen LogP contribution in [0.4, 0.5) is 5.82 Å². The van der Waals surface area contributed by atoms with E-state index in [0.29, 0.717) is 0 Å². The third-order valence-electron chi connectivity index (χ3n) is 5.44. The highest BCUT2D eigenvalue weighted by atomic mass is 15.2. The molecule has 3 heterocycles. The zero-order valence-corrected chi connectivity index (χ0v) is 14.2. The topological polar surface area (TPSA) is 19.4 Å². The van der Waals surface area contributed by atoms with Crippen LogP contribution in [0.5, 0.6) is 0 Å². The number of hydrogen-bond donors (Lipinski definition) is 0. The van der Waals surface area contributed by atoms with Gasteiger partial charge in [0.05, 0.1) is 0 Å². The Morgan fingerprint density at radius 2 is 1.64 bits per heavy atom. The highest BCUT2D eigenvalue weighted by molar-refractivity contribution is 5.37. The van der Waals surface area contributed by atoms with Crippen LogP contribution in [0.2, 0.25) is 0 Å². The average Bonchev–Trinajstić information content (AvgIpc) is 2.56. The highest BCUT2D eigenvalue weighted by Crippen LogP contribution is 2.33. The minimum Gasteiger partial charge on any atom is -0.357 e. The Morgan fingerprint density at radius 1 is 1.00 bits per heavy atom. The van der Waals surface area contributed by atoms with Crippen molar-refractivity contribution in [3.8, 4) is 0 Å². The summed E-state index contributed by atoms with van der Waals surface area (Å²) in [5.41, 5.74) is 0. The van der Waals surface area contributed by atoms with Crippen molar-refractivity contribution in [2.24, 2.45) is 17.8 Å². The molecule has 0 N–H and O–H groups in total. The van der Waals surface area contributed by atoms with E-state index in [1.54, 1.807) is 0 Å². The summed E-state index contributed by atoms with van der Waals surface area (Å²) in [5, 5.41) is 0. The van der Waals surface area contributed by atoms with Gasteiger partial charge in [-0.3, -0.25) is 0 Å². The zero-order valence-electron chi connectivity index (χ0n) is 14.2. The van der Waals surface area contributed by atoms with Crippen LogP contribution in [-0.4, -0.2) is 42.6 Å². The van der Waals surface area contributed by atoms with Crippen molar-refractivity contribution in [1.82, 2.24) is 9.88 Å². The molecule has 22 heavy (non-hydrogen) atoms. The van der Waals surface area contributed by atoms with Gasteiger partial charge in [-0.15, -0.1) is 0 Å². The van der Waals surface area contributed by atoms with Gasteiger partial charge in [0, 0.05) is 25.8 Å². The molecule has 2 aliphatic heterocycles. The fourth-order valence-electron chi connectivity index (χ4n) is 4.26. The first-order valence-electron chi connectivity index (χ1n) is 9.10. The number of rotatable bonds is 4. The number of piperidine rings is 2. The summed E-state index contributed by atoms with van der Waals surface area (Å²) < 4.78 is 0.